The first kappa shape index (κ1) is 22.1. The SMILES string of the molecule is C=CCn1c(=O)n(CC=C)c(=O)n(C[Si](CCC)CCCCCC)c1=O. The summed E-state index contributed by atoms with van der Waals surface area (Å²) in [4.78, 5) is 37.9. The highest BCUT2D eigenvalue weighted by molar-refractivity contribution is 6.57. The van der Waals surface area contributed by atoms with E-state index in [0.717, 1.165) is 34.1 Å². The van der Waals surface area contributed by atoms with Crippen molar-refractivity contribution < 1.29 is 0 Å². The van der Waals surface area contributed by atoms with E-state index in [9.17, 15) is 14.4 Å². The number of nitrogens with zero attached hydrogens (tertiary/aromatic N) is 3. The lowest BCUT2D eigenvalue weighted by atomic mass is 10.2. The van der Waals surface area contributed by atoms with Crippen LogP contribution in [0, 0.1) is 0 Å². The topological polar surface area (TPSA) is 66.0 Å². The first-order valence-electron chi connectivity index (χ1n) is 9.51. The number of aromatic nitrogens is 3. The molecule has 0 amide bonds. The maximum atomic E-state index is 12.7. The van der Waals surface area contributed by atoms with Crippen molar-refractivity contribution in [3.8, 4) is 0 Å². The van der Waals surface area contributed by atoms with E-state index in [0.29, 0.717) is 6.17 Å². The Labute approximate surface area is 157 Å². The number of rotatable bonds is 13. The largest absolute Gasteiger partial charge is 0.336 e. The maximum Gasteiger partial charge on any atom is 0.336 e. The van der Waals surface area contributed by atoms with Gasteiger partial charge in [-0.1, -0.05) is 70.2 Å². The summed E-state index contributed by atoms with van der Waals surface area (Å²) in [7, 11) is -0.865. The second-order valence-electron chi connectivity index (χ2n) is 6.54. The fourth-order valence-electron chi connectivity index (χ4n) is 3.05. The third-order valence-electron chi connectivity index (χ3n) is 4.38. The van der Waals surface area contributed by atoms with E-state index in [4.69, 9.17) is 0 Å². The van der Waals surface area contributed by atoms with Crippen molar-refractivity contribution in [3.63, 3.8) is 0 Å². The van der Waals surface area contributed by atoms with E-state index >= 15 is 0 Å². The zero-order chi connectivity index (χ0) is 19.5. The van der Waals surface area contributed by atoms with Gasteiger partial charge in [-0.15, -0.1) is 13.2 Å². The van der Waals surface area contributed by atoms with E-state index in [2.05, 4.69) is 27.0 Å². The molecule has 0 bridgehead atoms. The van der Waals surface area contributed by atoms with Gasteiger partial charge in [0.2, 0.25) is 0 Å². The Morgan fingerprint density at radius 1 is 0.769 bits per heavy atom. The molecule has 0 unspecified atom stereocenters. The van der Waals surface area contributed by atoms with Crippen LogP contribution in [0.25, 0.3) is 0 Å². The van der Waals surface area contributed by atoms with Gasteiger partial charge in [0.25, 0.3) is 0 Å². The molecule has 0 aliphatic heterocycles. The van der Waals surface area contributed by atoms with E-state index in [1.807, 2.05) is 0 Å². The molecule has 1 heterocycles. The van der Waals surface area contributed by atoms with Gasteiger partial charge in [-0.3, -0.25) is 0 Å². The fourth-order valence-corrected chi connectivity index (χ4v) is 5.79. The summed E-state index contributed by atoms with van der Waals surface area (Å²) in [5.41, 5.74) is -1.64. The molecular formula is C19H32N3O3Si. The molecule has 0 saturated carbocycles. The summed E-state index contributed by atoms with van der Waals surface area (Å²) in [5.74, 6) is 0. The lowest BCUT2D eigenvalue weighted by molar-refractivity contribution is 0.507. The van der Waals surface area contributed by atoms with Crippen molar-refractivity contribution in [1.82, 2.24) is 13.7 Å². The third-order valence-corrected chi connectivity index (χ3v) is 7.41. The highest BCUT2D eigenvalue weighted by Gasteiger charge is 2.18. The Morgan fingerprint density at radius 2 is 1.31 bits per heavy atom. The first-order valence-corrected chi connectivity index (χ1v) is 11.6. The first-order chi connectivity index (χ1) is 12.5. The van der Waals surface area contributed by atoms with Gasteiger partial charge in [-0.05, 0) is 0 Å². The summed E-state index contributed by atoms with van der Waals surface area (Å²) in [6.07, 6.45) is 9.24. The molecule has 0 aliphatic rings. The monoisotopic (exact) mass is 378 g/mol. The highest BCUT2D eigenvalue weighted by atomic mass is 28.3. The highest BCUT2D eigenvalue weighted by Crippen LogP contribution is 2.11. The van der Waals surface area contributed by atoms with Crippen molar-refractivity contribution in [2.75, 3.05) is 0 Å². The summed E-state index contributed by atoms with van der Waals surface area (Å²) in [5, 5.41) is 0. The fraction of sp³-hybridized carbons (Fsp3) is 0.632. The zero-order valence-corrected chi connectivity index (χ0v) is 17.2. The van der Waals surface area contributed by atoms with Crippen LogP contribution in [0.15, 0.2) is 39.7 Å². The van der Waals surface area contributed by atoms with Gasteiger partial charge in [-0.25, -0.2) is 28.1 Å². The predicted molar refractivity (Wildman–Crippen MR) is 109 cm³/mol. The van der Waals surface area contributed by atoms with Gasteiger partial charge in [0.05, 0.1) is 21.9 Å². The van der Waals surface area contributed by atoms with E-state index in [1.54, 1.807) is 0 Å². The van der Waals surface area contributed by atoms with Gasteiger partial charge in [-0.2, -0.15) is 0 Å². The molecule has 1 radical (unpaired) electrons. The van der Waals surface area contributed by atoms with Gasteiger partial charge < -0.3 is 0 Å². The lowest BCUT2D eigenvalue weighted by Gasteiger charge is -2.17. The minimum atomic E-state index is -0.865. The van der Waals surface area contributed by atoms with Crippen molar-refractivity contribution in [1.29, 1.82) is 0 Å². The van der Waals surface area contributed by atoms with Crippen LogP contribution in [-0.2, 0) is 19.3 Å². The van der Waals surface area contributed by atoms with E-state index in [1.165, 1.54) is 36.0 Å². The third kappa shape index (κ3) is 5.83. The predicted octanol–water partition coefficient (Wildman–Crippen LogP) is 2.57. The Bertz CT molecular complexity index is 713. The molecule has 0 atom stereocenters. The van der Waals surface area contributed by atoms with Crippen LogP contribution in [0.2, 0.25) is 12.1 Å². The molecule has 0 fully saturated rings. The lowest BCUT2D eigenvalue weighted by Crippen LogP contribution is -2.55. The second kappa shape index (κ2) is 11.7. The smallest absolute Gasteiger partial charge is 0.248 e. The van der Waals surface area contributed by atoms with Crippen molar-refractivity contribution >= 4 is 8.80 Å². The summed E-state index contributed by atoms with van der Waals surface area (Å²) < 4.78 is 3.43. The summed E-state index contributed by atoms with van der Waals surface area (Å²) >= 11 is 0. The summed E-state index contributed by atoms with van der Waals surface area (Å²) in [6.45, 7) is 11.7. The van der Waals surface area contributed by atoms with E-state index in [-0.39, 0.29) is 13.1 Å². The van der Waals surface area contributed by atoms with Gasteiger partial charge in [0.15, 0.2) is 0 Å². The van der Waals surface area contributed by atoms with Crippen LogP contribution in [0.3, 0.4) is 0 Å². The Balaban J connectivity index is 3.24. The van der Waals surface area contributed by atoms with Gasteiger partial charge in [0.1, 0.15) is 0 Å². The average molecular weight is 379 g/mol. The van der Waals surface area contributed by atoms with Crippen LogP contribution in [0.5, 0.6) is 0 Å². The number of hydrogen-bond donors (Lipinski definition) is 0. The van der Waals surface area contributed by atoms with Crippen molar-refractivity contribution in [2.24, 2.45) is 0 Å². The number of hydrogen-bond acceptors (Lipinski definition) is 3. The Hall–Kier alpha value is -1.89. The molecule has 1 aromatic rings. The normalized spacial score (nSPS) is 11.0. The van der Waals surface area contributed by atoms with Crippen molar-refractivity contribution in [3.05, 3.63) is 56.8 Å². The molecular weight excluding hydrogens is 346 g/mol. The van der Waals surface area contributed by atoms with Crippen LogP contribution < -0.4 is 17.1 Å². The summed E-state index contributed by atoms with van der Waals surface area (Å²) in [6, 6.07) is 2.15. The second-order valence-corrected chi connectivity index (χ2v) is 9.36. The van der Waals surface area contributed by atoms with Crippen LogP contribution in [-0.4, -0.2) is 22.5 Å². The van der Waals surface area contributed by atoms with Crippen LogP contribution in [0.1, 0.15) is 46.0 Å². The molecule has 1 rings (SSSR count). The van der Waals surface area contributed by atoms with Crippen molar-refractivity contribution in [2.45, 2.75) is 77.3 Å². The number of unbranched alkanes of at least 4 members (excludes halogenated alkanes) is 3. The molecule has 1 aromatic heterocycles. The molecule has 0 aliphatic carbocycles. The quantitative estimate of drug-likeness (QED) is 0.301. The molecule has 0 aromatic carbocycles. The molecule has 26 heavy (non-hydrogen) atoms. The molecule has 0 saturated heterocycles. The van der Waals surface area contributed by atoms with Crippen LogP contribution in [0.4, 0.5) is 0 Å². The molecule has 0 spiro atoms. The zero-order valence-electron chi connectivity index (χ0n) is 16.2. The Kier molecular flexibility index (Phi) is 9.94. The molecule has 6 nitrogen and oxygen atoms in total. The van der Waals surface area contributed by atoms with Gasteiger partial charge >= 0.3 is 17.1 Å². The van der Waals surface area contributed by atoms with Gasteiger partial charge in [0, 0.05) is 6.17 Å². The van der Waals surface area contributed by atoms with E-state index < -0.39 is 25.9 Å². The minimum Gasteiger partial charge on any atom is -0.248 e. The maximum absolute atomic E-state index is 12.7. The number of allylic oxidation sites excluding steroid dienone is 2. The average Bonchev–Trinajstić information content (AvgIpc) is 2.62. The standard InChI is InChI=1S/C19H32N3O3Si/c1-5-9-10-11-15-26(14-8-4)16-22-18(24)20(12-6-2)17(23)21(13-7-3)19(22)25/h6-7H,2-3,5,8-16H2,1,4H3. The Morgan fingerprint density at radius 3 is 1.77 bits per heavy atom. The molecule has 145 valence electrons. The molecule has 7 heteroatoms. The minimum absolute atomic E-state index is 0.0987. The van der Waals surface area contributed by atoms with Crippen LogP contribution >= 0.6 is 0 Å². The molecule has 0 N–H and O–H groups in total.